The highest BCUT2D eigenvalue weighted by Crippen LogP contribution is 2.40. The van der Waals surface area contributed by atoms with Crippen molar-refractivity contribution in [1.29, 1.82) is 10.8 Å². The minimum atomic E-state index is -0.112. The third kappa shape index (κ3) is 4.47. The Morgan fingerprint density at radius 2 is 2.03 bits per heavy atom. The molecular formula is C22H26ClN5OS. The van der Waals surface area contributed by atoms with Crippen LogP contribution in [-0.4, -0.2) is 36.4 Å². The van der Waals surface area contributed by atoms with Crippen LogP contribution < -0.4 is 10.2 Å². The van der Waals surface area contributed by atoms with E-state index in [1.165, 1.54) is 11.3 Å². The summed E-state index contributed by atoms with van der Waals surface area (Å²) in [6, 6.07) is 7.42. The summed E-state index contributed by atoms with van der Waals surface area (Å²) < 4.78 is 0. The van der Waals surface area contributed by atoms with Crippen LogP contribution in [0.3, 0.4) is 0 Å². The Balaban J connectivity index is 2.14. The molecule has 0 saturated heterocycles. The van der Waals surface area contributed by atoms with Gasteiger partial charge in [-0.3, -0.25) is 25.5 Å². The number of halogens is 1. The zero-order valence-corrected chi connectivity index (χ0v) is 19.1. The lowest BCUT2D eigenvalue weighted by atomic mass is 9.99. The second kappa shape index (κ2) is 9.10. The van der Waals surface area contributed by atoms with E-state index in [1.54, 1.807) is 11.8 Å². The molecule has 0 aliphatic heterocycles. The molecule has 3 rings (SSSR count). The largest absolute Gasteiger partial charge is 0.356 e. The van der Waals surface area contributed by atoms with Gasteiger partial charge in [0.2, 0.25) is 5.91 Å². The first-order chi connectivity index (χ1) is 14.3. The van der Waals surface area contributed by atoms with E-state index >= 15 is 0 Å². The van der Waals surface area contributed by atoms with E-state index in [9.17, 15) is 4.79 Å². The van der Waals surface area contributed by atoms with Gasteiger partial charge in [0.05, 0.1) is 24.0 Å². The van der Waals surface area contributed by atoms with Gasteiger partial charge in [-0.15, -0.1) is 11.3 Å². The Labute approximate surface area is 186 Å². The lowest BCUT2D eigenvalue weighted by Gasteiger charge is -2.19. The van der Waals surface area contributed by atoms with E-state index in [-0.39, 0.29) is 23.7 Å². The number of amides is 1. The zero-order chi connectivity index (χ0) is 22.0. The van der Waals surface area contributed by atoms with Gasteiger partial charge in [-0.25, -0.2) is 0 Å². The van der Waals surface area contributed by atoms with Crippen LogP contribution in [0.4, 0.5) is 5.00 Å². The maximum Gasteiger partial charge on any atom is 0.225 e. The van der Waals surface area contributed by atoms with E-state index < -0.39 is 0 Å². The van der Waals surface area contributed by atoms with Gasteiger partial charge in [0, 0.05) is 27.6 Å². The summed E-state index contributed by atoms with van der Waals surface area (Å²) in [5.74, 6) is 0.185. The van der Waals surface area contributed by atoms with E-state index in [0.717, 1.165) is 45.0 Å². The number of benzene rings is 1. The number of hydrogen-bond donors (Lipinski definition) is 3. The summed E-state index contributed by atoms with van der Waals surface area (Å²) >= 11 is 7.64. The molecule has 2 aromatic rings. The molecular weight excluding hydrogens is 418 g/mol. The number of carbonyl (C=O) groups is 1. The Bertz CT molecular complexity index is 1010. The van der Waals surface area contributed by atoms with Crippen LogP contribution in [0.5, 0.6) is 0 Å². The summed E-state index contributed by atoms with van der Waals surface area (Å²) in [6.45, 7) is 8.24. The minimum Gasteiger partial charge on any atom is -0.356 e. The lowest BCUT2D eigenvalue weighted by Crippen LogP contribution is -2.27. The van der Waals surface area contributed by atoms with Crippen LogP contribution >= 0.6 is 22.9 Å². The fourth-order valence-corrected chi connectivity index (χ4v) is 4.64. The first kappa shape index (κ1) is 22.2. The smallest absolute Gasteiger partial charge is 0.225 e. The quantitative estimate of drug-likeness (QED) is 0.424. The molecule has 1 aliphatic carbocycles. The van der Waals surface area contributed by atoms with Crippen molar-refractivity contribution in [2.24, 2.45) is 10.9 Å². The summed E-state index contributed by atoms with van der Waals surface area (Å²) in [4.78, 5) is 19.9. The van der Waals surface area contributed by atoms with Crippen molar-refractivity contribution in [1.82, 2.24) is 5.32 Å². The Kier molecular flexibility index (Phi) is 6.73. The van der Waals surface area contributed by atoms with Gasteiger partial charge in [0.25, 0.3) is 0 Å². The molecule has 1 aromatic heterocycles. The molecule has 6 nitrogen and oxygen atoms in total. The number of amidine groups is 1. The highest BCUT2D eigenvalue weighted by atomic mass is 35.5. The highest BCUT2D eigenvalue weighted by Gasteiger charge is 2.43. The molecule has 1 fully saturated rings. The number of carbonyl (C=O) groups excluding carboxylic acids is 1. The predicted molar refractivity (Wildman–Crippen MR) is 126 cm³/mol. The standard InChI is InChI=1S/C22H26ClN5OS/c1-5-26-21(29)17-10-18(17)27-20(15-6-8-16(23)9-7-15)19-12(2)13(3)30-22(19)28(11-24)14(4)25/h6-9,11,17-18,24-25H,5,10H2,1-4H3,(H,26,29). The molecule has 1 amide bonds. The van der Waals surface area contributed by atoms with Crippen LogP contribution in [-0.2, 0) is 4.79 Å². The first-order valence-electron chi connectivity index (χ1n) is 9.85. The second-order valence-corrected chi connectivity index (χ2v) is 8.98. The molecule has 1 heterocycles. The van der Waals surface area contributed by atoms with Crippen LogP contribution in [0.25, 0.3) is 0 Å². The summed E-state index contributed by atoms with van der Waals surface area (Å²) in [5.41, 5.74) is 3.63. The van der Waals surface area contributed by atoms with Crippen molar-refractivity contribution >= 4 is 51.7 Å². The topological polar surface area (TPSA) is 92.4 Å². The average Bonchev–Trinajstić information content (AvgIpc) is 3.41. The van der Waals surface area contributed by atoms with Gasteiger partial charge >= 0.3 is 0 Å². The molecule has 158 valence electrons. The molecule has 8 heteroatoms. The first-order valence-corrected chi connectivity index (χ1v) is 11.0. The summed E-state index contributed by atoms with van der Waals surface area (Å²) in [7, 11) is 0. The summed E-state index contributed by atoms with van der Waals surface area (Å²) in [6.07, 6.45) is 1.88. The minimum absolute atomic E-state index is 0.0385. The van der Waals surface area contributed by atoms with Crippen LogP contribution in [0.15, 0.2) is 29.3 Å². The molecule has 1 aliphatic rings. The van der Waals surface area contributed by atoms with E-state index in [4.69, 9.17) is 27.4 Å². The number of nitrogens with zero attached hydrogens (tertiary/aromatic N) is 2. The van der Waals surface area contributed by atoms with Gasteiger partial charge in [0.15, 0.2) is 0 Å². The predicted octanol–water partition coefficient (Wildman–Crippen LogP) is 4.79. The zero-order valence-electron chi connectivity index (χ0n) is 17.5. The van der Waals surface area contributed by atoms with Gasteiger partial charge in [-0.2, -0.15) is 0 Å². The molecule has 0 spiro atoms. The van der Waals surface area contributed by atoms with Crippen LogP contribution in [0, 0.1) is 30.6 Å². The second-order valence-electron chi connectivity index (χ2n) is 7.34. The fourth-order valence-electron chi connectivity index (χ4n) is 3.33. The van der Waals surface area contributed by atoms with Gasteiger partial charge in [0.1, 0.15) is 10.8 Å². The number of rotatable bonds is 7. The molecule has 1 aromatic carbocycles. The molecule has 2 unspecified atom stereocenters. The third-order valence-electron chi connectivity index (χ3n) is 5.17. The summed E-state index contributed by atoms with van der Waals surface area (Å²) in [5, 5.41) is 20.2. The third-order valence-corrected chi connectivity index (χ3v) is 6.63. The molecule has 2 atom stereocenters. The highest BCUT2D eigenvalue weighted by molar-refractivity contribution is 7.17. The molecule has 1 saturated carbocycles. The number of aliphatic imine (C=N–C) groups is 1. The Morgan fingerprint density at radius 1 is 1.37 bits per heavy atom. The van der Waals surface area contributed by atoms with Gasteiger partial charge in [-0.05, 0) is 51.8 Å². The van der Waals surface area contributed by atoms with Crippen molar-refractivity contribution in [2.75, 3.05) is 11.4 Å². The SMILES string of the molecule is CCNC(=O)C1CC1N=C(c1ccc(Cl)cc1)c1c(N(C=N)C(C)=N)sc(C)c1C. The van der Waals surface area contributed by atoms with Gasteiger partial charge in [-0.1, -0.05) is 23.7 Å². The monoisotopic (exact) mass is 443 g/mol. The number of anilines is 1. The fraction of sp³-hybridized carbons (Fsp3) is 0.364. The van der Waals surface area contributed by atoms with Crippen molar-refractivity contribution in [2.45, 2.75) is 40.2 Å². The number of hydrogen-bond acceptors (Lipinski definition) is 5. The number of aryl methyl sites for hydroxylation is 1. The number of thiophene rings is 1. The normalized spacial score (nSPS) is 18.1. The average molecular weight is 444 g/mol. The van der Waals surface area contributed by atoms with Crippen molar-refractivity contribution in [3.05, 3.63) is 50.9 Å². The molecule has 30 heavy (non-hydrogen) atoms. The van der Waals surface area contributed by atoms with E-state index in [1.807, 2.05) is 45.0 Å². The molecule has 0 bridgehead atoms. The van der Waals surface area contributed by atoms with Crippen molar-refractivity contribution in [3.63, 3.8) is 0 Å². The molecule has 0 radical (unpaired) electrons. The van der Waals surface area contributed by atoms with Crippen molar-refractivity contribution < 1.29 is 4.79 Å². The number of nitrogens with one attached hydrogen (secondary N) is 3. The molecule has 3 N–H and O–H groups in total. The van der Waals surface area contributed by atoms with Crippen LogP contribution in [0.1, 0.15) is 41.8 Å². The van der Waals surface area contributed by atoms with Crippen LogP contribution in [0.2, 0.25) is 5.02 Å². The Hall–Kier alpha value is -2.51. The van der Waals surface area contributed by atoms with Crippen molar-refractivity contribution in [3.8, 4) is 0 Å². The van der Waals surface area contributed by atoms with E-state index in [0.29, 0.717) is 11.6 Å². The van der Waals surface area contributed by atoms with E-state index in [2.05, 4.69) is 5.32 Å². The maximum absolute atomic E-state index is 12.2. The lowest BCUT2D eigenvalue weighted by molar-refractivity contribution is -0.122. The Morgan fingerprint density at radius 3 is 2.60 bits per heavy atom. The van der Waals surface area contributed by atoms with Gasteiger partial charge < -0.3 is 5.32 Å². The maximum atomic E-state index is 12.2.